The maximum Gasteiger partial charge on any atom is 0.342 e. The van der Waals surface area contributed by atoms with Gasteiger partial charge in [-0.2, -0.15) is 0 Å². The summed E-state index contributed by atoms with van der Waals surface area (Å²) in [5, 5.41) is 0.451. The highest BCUT2D eigenvalue weighted by molar-refractivity contribution is 6.31. The molecule has 0 heterocycles. The van der Waals surface area contributed by atoms with Crippen LogP contribution in [0.15, 0.2) is 42.5 Å². The Hall–Kier alpha value is -2.20. The summed E-state index contributed by atoms with van der Waals surface area (Å²) in [6.45, 7) is 0.165. The molecule has 0 bridgehead atoms. The second-order valence-corrected chi connectivity index (χ2v) is 4.71. The third kappa shape index (κ3) is 3.89. The Balaban J connectivity index is 2.05. The monoisotopic (exact) mass is 306 g/mol. The summed E-state index contributed by atoms with van der Waals surface area (Å²) in [5.74, 6) is 0.700. The van der Waals surface area contributed by atoms with Crippen molar-refractivity contribution in [2.75, 3.05) is 14.2 Å². The van der Waals surface area contributed by atoms with Crippen LogP contribution in [-0.2, 0) is 11.3 Å². The normalized spacial score (nSPS) is 10.0. The van der Waals surface area contributed by atoms with E-state index in [2.05, 4.69) is 0 Å². The molecule has 0 saturated carbocycles. The van der Waals surface area contributed by atoms with Crippen LogP contribution >= 0.6 is 11.6 Å². The van der Waals surface area contributed by atoms with Crippen molar-refractivity contribution in [2.24, 2.45) is 0 Å². The zero-order valence-electron chi connectivity index (χ0n) is 11.8. The molecule has 0 fully saturated rings. The molecule has 0 spiro atoms. The summed E-state index contributed by atoms with van der Waals surface area (Å²) >= 11 is 5.89. The lowest BCUT2D eigenvalue weighted by Gasteiger charge is -2.09. The number of benzene rings is 2. The molecule has 2 aromatic carbocycles. The lowest BCUT2D eigenvalue weighted by atomic mass is 10.2. The van der Waals surface area contributed by atoms with Gasteiger partial charge in [-0.05, 0) is 35.9 Å². The molecule has 0 amide bonds. The quantitative estimate of drug-likeness (QED) is 0.790. The van der Waals surface area contributed by atoms with Crippen LogP contribution in [0.1, 0.15) is 15.9 Å². The summed E-state index contributed by atoms with van der Waals surface area (Å²) in [6.07, 6.45) is 0. The summed E-state index contributed by atoms with van der Waals surface area (Å²) in [5.41, 5.74) is 1.17. The van der Waals surface area contributed by atoms with Gasteiger partial charge in [0.25, 0.3) is 0 Å². The topological polar surface area (TPSA) is 44.8 Å². The van der Waals surface area contributed by atoms with E-state index in [4.69, 9.17) is 25.8 Å². The van der Waals surface area contributed by atoms with Crippen molar-refractivity contribution in [3.05, 3.63) is 58.6 Å². The molecule has 0 aliphatic carbocycles. The van der Waals surface area contributed by atoms with Crippen LogP contribution in [0.2, 0.25) is 5.02 Å². The van der Waals surface area contributed by atoms with Crippen molar-refractivity contribution in [3.63, 3.8) is 0 Å². The Kier molecular flexibility index (Phi) is 5.06. The smallest absolute Gasteiger partial charge is 0.342 e. The molecular formula is C16H15ClO4. The van der Waals surface area contributed by atoms with Gasteiger partial charge >= 0.3 is 5.97 Å². The summed E-state index contributed by atoms with van der Waals surface area (Å²) < 4.78 is 15.5. The van der Waals surface area contributed by atoms with Crippen LogP contribution in [0.3, 0.4) is 0 Å². The maximum absolute atomic E-state index is 12.1. The van der Waals surface area contributed by atoms with Crippen LogP contribution in [0.25, 0.3) is 0 Å². The molecule has 0 atom stereocenters. The number of carbonyl (C=O) groups is 1. The Morgan fingerprint density at radius 3 is 2.38 bits per heavy atom. The number of hydrogen-bond donors (Lipinski definition) is 0. The van der Waals surface area contributed by atoms with Gasteiger partial charge in [-0.1, -0.05) is 23.7 Å². The minimum absolute atomic E-state index is 0.165. The minimum atomic E-state index is -0.481. The number of hydrogen-bond acceptors (Lipinski definition) is 4. The fourth-order valence-electron chi connectivity index (χ4n) is 1.79. The number of carbonyl (C=O) groups excluding carboxylic acids is 1. The first kappa shape index (κ1) is 15.2. The fourth-order valence-corrected chi connectivity index (χ4v) is 1.96. The average molecular weight is 307 g/mol. The van der Waals surface area contributed by atoms with Gasteiger partial charge in [-0.15, -0.1) is 0 Å². The number of halogens is 1. The predicted octanol–water partition coefficient (Wildman–Crippen LogP) is 3.71. The first-order valence-corrected chi connectivity index (χ1v) is 6.65. The molecule has 0 aliphatic rings. The van der Waals surface area contributed by atoms with Crippen molar-refractivity contribution in [1.29, 1.82) is 0 Å². The number of ether oxygens (including phenoxy) is 3. The SMILES string of the molecule is COc1ccc(COC(=O)c2cc(Cl)ccc2OC)cc1. The second-order valence-electron chi connectivity index (χ2n) is 4.27. The molecule has 0 aliphatic heterocycles. The fraction of sp³-hybridized carbons (Fsp3) is 0.188. The van der Waals surface area contributed by atoms with Crippen molar-refractivity contribution in [2.45, 2.75) is 6.61 Å². The van der Waals surface area contributed by atoms with Gasteiger partial charge in [-0.3, -0.25) is 0 Å². The van der Waals surface area contributed by atoms with Crippen LogP contribution in [0.4, 0.5) is 0 Å². The van der Waals surface area contributed by atoms with E-state index >= 15 is 0 Å². The molecule has 0 unspecified atom stereocenters. The van der Waals surface area contributed by atoms with E-state index in [0.717, 1.165) is 11.3 Å². The first-order chi connectivity index (χ1) is 10.1. The lowest BCUT2D eigenvalue weighted by molar-refractivity contribution is 0.0469. The van der Waals surface area contributed by atoms with E-state index in [1.807, 2.05) is 24.3 Å². The van der Waals surface area contributed by atoms with E-state index in [0.29, 0.717) is 16.3 Å². The molecule has 2 aromatic rings. The van der Waals surface area contributed by atoms with Crippen LogP contribution in [0, 0.1) is 0 Å². The Bertz CT molecular complexity index is 623. The average Bonchev–Trinajstić information content (AvgIpc) is 2.53. The van der Waals surface area contributed by atoms with E-state index in [-0.39, 0.29) is 6.61 Å². The Morgan fingerprint density at radius 2 is 1.76 bits per heavy atom. The van der Waals surface area contributed by atoms with Crippen LogP contribution in [0.5, 0.6) is 11.5 Å². The third-order valence-electron chi connectivity index (χ3n) is 2.91. The van der Waals surface area contributed by atoms with Gasteiger partial charge in [0.05, 0.1) is 14.2 Å². The zero-order chi connectivity index (χ0) is 15.2. The first-order valence-electron chi connectivity index (χ1n) is 6.27. The van der Waals surface area contributed by atoms with Gasteiger partial charge in [0.2, 0.25) is 0 Å². The van der Waals surface area contributed by atoms with Crippen molar-refractivity contribution in [1.82, 2.24) is 0 Å². The predicted molar refractivity (Wildman–Crippen MR) is 80.1 cm³/mol. The molecule has 0 radical (unpaired) electrons. The highest BCUT2D eigenvalue weighted by Gasteiger charge is 2.14. The van der Waals surface area contributed by atoms with Crippen LogP contribution in [-0.4, -0.2) is 20.2 Å². The van der Waals surface area contributed by atoms with Gasteiger partial charge in [0, 0.05) is 5.02 Å². The molecular weight excluding hydrogens is 292 g/mol. The summed E-state index contributed by atoms with van der Waals surface area (Å²) in [7, 11) is 3.09. The molecule has 0 saturated heterocycles. The third-order valence-corrected chi connectivity index (χ3v) is 3.15. The number of esters is 1. The summed E-state index contributed by atoms with van der Waals surface area (Å²) in [6, 6.07) is 12.1. The Labute approximate surface area is 128 Å². The van der Waals surface area contributed by atoms with E-state index in [1.54, 1.807) is 19.2 Å². The maximum atomic E-state index is 12.1. The van der Waals surface area contributed by atoms with Crippen molar-refractivity contribution < 1.29 is 19.0 Å². The lowest BCUT2D eigenvalue weighted by Crippen LogP contribution is -2.07. The molecule has 0 N–H and O–H groups in total. The molecule has 0 aromatic heterocycles. The molecule has 2 rings (SSSR count). The van der Waals surface area contributed by atoms with Gasteiger partial charge in [0.1, 0.15) is 23.7 Å². The van der Waals surface area contributed by atoms with E-state index in [9.17, 15) is 4.79 Å². The highest BCUT2D eigenvalue weighted by Crippen LogP contribution is 2.23. The van der Waals surface area contributed by atoms with E-state index in [1.165, 1.54) is 13.2 Å². The largest absolute Gasteiger partial charge is 0.497 e. The zero-order valence-corrected chi connectivity index (χ0v) is 12.5. The van der Waals surface area contributed by atoms with Crippen molar-refractivity contribution in [3.8, 4) is 11.5 Å². The second kappa shape index (κ2) is 6.99. The molecule has 21 heavy (non-hydrogen) atoms. The highest BCUT2D eigenvalue weighted by atomic mass is 35.5. The Morgan fingerprint density at radius 1 is 1.05 bits per heavy atom. The van der Waals surface area contributed by atoms with Gasteiger partial charge < -0.3 is 14.2 Å². The number of methoxy groups -OCH3 is 2. The van der Waals surface area contributed by atoms with Gasteiger partial charge in [-0.25, -0.2) is 4.79 Å². The van der Waals surface area contributed by atoms with E-state index < -0.39 is 5.97 Å². The van der Waals surface area contributed by atoms with Crippen molar-refractivity contribution >= 4 is 17.6 Å². The standard InChI is InChI=1S/C16H15ClO4/c1-19-13-6-3-11(4-7-13)10-21-16(18)14-9-12(17)5-8-15(14)20-2/h3-9H,10H2,1-2H3. The molecule has 4 nitrogen and oxygen atoms in total. The molecule has 110 valence electrons. The van der Waals surface area contributed by atoms with Crippen LogP contribution < -0.4 is 9.47 Å². The van der Waals surface area contributed by atoms with Gasteiger partial charge in [0.15, 0.2) is 0 Å². The number of rotatable bonds is 5. The molecule has 5 heteroatoms. The minimum Gasteiger partial charge on any atom is -0.497 e. The summed E-state index contributed by atoms with van der Waals surface area (Å²) in [4.78, 5) is 12.1.